The van der Waals surface area contributed by atoms with Crippen LogP contribution < -0.4 is 5.14 Å². The van der Waals surface area contributed by atoms with Gasteiger partial charge in [-0.05, 0) is 37.8 Å². The number of benzene rings is 1. The molecule has 0 atom stereocenters. The summed E-state index contributed by atoms with van der Waals surface area (Å²) in [5.74, 6) is -1.17. The summed E-state index contributed by atoms with van der Waals surface area (Å²) >= 11 is 0. The Morgan fingerprint density at radius 2 is 2.11 bits per heavy atom. The zero-order chi connectivity index (χ0) is 14.2. The van der Waals surface area contributed by atoms with Gasteiger partial charge in [0.15, 0.2) is 0 Å². The summed E-state index contributed by atoms with van der Waals surface area (Å²) in [6, 6.07) is 2.00. The largest absolute Gasteiger partial charge is 0.462 e. The van der Waals surface area contributed by atoms with Gasteiger partial charge in [0.25, 0.3) is 0 Å². The molecule has 1 saturated carbocycles. The second-order valence-corrected chi connectivity index (χ2v) is 6.20. The molecule has 104 valence electrons. The second-order valence-electron chi connectivity index (χ2n) is 4.67. The lowest BCUT2D eigenvalue weighted by atomic mass is 10.1. The third-order valence-electron chi connectivity index (χ3n) is 2.99. The van der Waals surface area contributed by atoms with E-state index in [-0.39, 0.29) is 17.7 Å². The first-order valence-corrected chi connectivity index (χ1v) is 7.33. The minimum Gasteiger partial charge on any atom is -0.462 e. The van der Waals surface area contributed by atoms with Crippen molar-refractivity contribution < 1.29 is 22.3 Å². The molecule has 2 N–H and O–H groups in total. The van der Waals surface area contributed by atoms with Crippen LogP contribution in [0.1, 0.15) is 28.8 Å². The smallest absolute Gasteiger partial charge is 0.338 e. The molecule has 0 aromatic heterocycles. The molecule has 1 aromatic rings. The maximum absolute atomic E-state index is 13.6. The molecule has 1 aliphatic carbocycles. The Kier molecular flexibility index (Phi) is 3.60. The van der Waals surface area contributed by atoms with E-state index in [4.69, 9.17) is 9.88 Å². The number of sulfonamides is 1. The van der Waals surface area contributed by atoms with Crippen molar-refractivity contribution in [3.05, 3.63) is 29.1 Å². The number of hydrogen-bond acceptors (Lipinski definition) is 4. The first-order valence-electron chi connectivity index (χ1n) is 5.79. The summed E-state index contributed by atoms with van der Waals surface area (Å²) in [5, 5.41) is 4.98. The summed E-state index contributed by atoms with van der Waals surface area (Å²) in [6.45, 7) is 1.56. The van der Waals surface area contributed by atoms with E-state index in [0.717, 1.165) is 25.0 Å². The first-order chi connectivity index (χ1) is 8.79. The normalized spacial score (nSPS) is 15.3. The molecule has 1 aromatic carbocycles. The molecule has 0 aliphatic heterocycles. The van der Waals surface area contributed by atoms with E-state index in [1.807, 2.05) is 0 Å². The zero-order valence-electron chi connectivity index (χ0n) is 10.3. The van der Waals surface area contributed by atoms with Gasteiger partial charge in [-0.3, -0.25) is 0 Å². The van der Waals surface area contributed by atoms with Crippen molar-refractivity contribution in [1.29, 1.82) is 0 Å². The average Bonchev–Trinajstić information content (AvgIpc) is 3.11. The molecule has 19 heavy (non-hydrogen) atoms. The SMILES string of the molecule is Cc1c(F)cc(C(=O)OCC2CC2)cc1S(N)(=O)=O. The fourth-order valence-corrected chi connectivity index (χ4v) is 2.44. The van der Waals surface area contributed by atoms with Gasteiger partial charge in [0, 0.05) is 5.56 Å². The van der Waals surface area contributed by atoms with Gasteiger partial charge in [0.05, 0.1) is 17.1 Å². The third-order valence-corrected chi connectivity index (χ3v) is 4.02. The molecule has 2 rings (SSSR count). The fraction of sp³-hybridized carbons (Fsp3) is 0.417. The molecule has 0 radical (unpaired) electrons. The van der Waals surface area contributed by atoms with Crippen LogP contribution in [0.3, 0.4) is 0 Å². The van der Waals surface area contributed by atoms with Crippen LogP contribution in [0.25, 0.3) is 0 Å². The highest BCUT2D eigenvalue weighted by Gasteiger charge is 2.24. The lowest BCUT2D eigenvalue weighted by Crippen LogP contribution is -2.16. The fourth-order valence-electron chi connectivity index (χ4n) is 1.63. The molecule has 1 aliphatic rings. The van der Waals surface area contributed by atoms with E-state index in [1.54, 1.807) is 0 Å². The summed E-state index contributed by atoms with van der Waals surface area (Å²) in [7, 11) is -4.08. The quantitative estimate of drug-likeness (QED) is 0.847. The highest BCUT2D eigenvalue weighted by atomic mass is 32.2. The van der Waals surface area contributed by atoms with Crippen LogP contribution >= 0.6 is 0 Å². The predicted octanol–water partition coefficient (Wildman–Crippen LogP) is 1.35. The van der Waals surface area contributed by atoms with Crippen LogP contribution in [0.15, 0.2) is 17.0 Å². The molecular formula is C12H14FNO4S. The van der Waals surface area contributed by atoms with Gasteiger partial charge < -0.3 is 4.74 Å². The van der Waals surface area contributed by atoms with E-state index in [0.29, 0.717) is 5.92 Å². The van der Waals surface area contributed by atoms with Crippen LogP contribution in [-0.2, 0) is 14.8 Å². The van der Waals surface area contributed by atoms with Gasteiger partial charge in [0.2, 0.25) is 10.0 Å². The number of ether oxygens (including phenoxy) is 1. The molecule has 0 unspecified atom stereocenters. The third kappa shape index (κ3) is 3.30. The lowest BCUT2D eigenvalue weighted by molar-refractivity contribution is 0.0485. The van der Waals surface area contributed by atoms with E-state index < -0.39 is 26.7 Å². The molecule has 0 bridgehead atoms. The predicted molar refractivity (Wildman–Crippen MR) is 65.5 cm³/mol. The Hall–Kier alpha value is -1.47. The van der Waals surface area contributed by atoms with Crippen LogP contribution in [-0.4, -0.2) is 21.0 Å². The summed E-state index contributed by atoms with van der Waals surface area (Å²) in [5.41, 5.74) is -0.256. The zero-order valence-corrected chi connectivity index (χ0v) is 11.2. The van der Waals surface area contributed by atoms with Gasteiger partial charge in [-0.15, -0.1) is 0 Å². The van der Waals surface area contributed by atoms with Crippen LogP contribution in [0.4, 0.5) is 4.39 Å². The van der Waals surface area contributed by atoms with Crippen molar-refractivity contribution in [1.82, 2.24) is 0 Å². The van der Waals surface area contributed by atoms with E-state index in [9.17, 15) is 17.6 Å². The van der Waals surface area contributed by atoms with Crippen molar-refractivity contribution in [2.24, 2.45) is 11.1 Å². The number of primary sulfonamides is 1. The van der Waals surface area contributed by atoms with E-state index in [1.165, 1.54) is 6.92 Å². The number of halogens is 1. The van der Waals surface area contributed by atoms with Gasteiger partial charge in [-0.25, -0.2) is 22.7 Å². The molecule has 0 spiro atoms. The topological polar surface area (TPSA) is 86.5 Å². The Bertz CT molecular complexity index is 623. The highest BCUT2D eigenvalue weighted by molar-refractivity contribution is 7.89. The van der Waals surface area contributed by atoms with Crippen molar-refractivity contribution >= 4 is 16.0 Å². The second kappa shape index (κ2) is 4.90. The Morgan fingerprint density at radius 3 is 2.63 bits per heavy atom. The van der Waals surface area contributed by atoms with Crippen LogP contribution in [0.5, 0.6) is 0 Å². The van der Waals surface area contributed by atoms with Crippen LogP contribution in [0, 0.1) is 18.7 Å². The number of rotatable bonds is 4. The van der Waals surface area contributed by atoms with Crippen molar-refractivity contribution in [3.8, 4) is 0 Å². The van der Waals surface area contributed by atoms with Crippen molar-refractivity contribution in [2.45, 2.75) is 24.7 Å². The van der Waals surface area contributed by atoms with E-state index >= 15 is 0 Å². The number of esters is 1. The summed E-state index contributed by atoms with van der Waals surface area (Å²) in [6.07, 6.45) is 2.02. The Morgan fingerprint density at radius 1 is 1.47 bits per heavy atom. The molecule has 0 heterocycles. The number of carbonyl (C=O) groups excluding carboxylic acids is 1. The summed E-state index contributed by atoms with van der Waals surface area (Å²) in [4.78, 5) is 11.3. The Balaban J connectivity index is 2.30. The summed E-state index contributed by atoms with van der Waals surface area (Å²) < 4.78 is 41.2. The van der Waals surface area contributed by atoms with Crippen LogP contribution in [0.2, 0.25) is 0 Å². The molecular weight excluding hydrogens is 273 g/mol. The maximum Gasteiger partial charge on any atom is 0.338 e. The average molecular weight is 287 g/mol. The minimum absolute atomic E-state index is 0.110. The minimum atomic E-state index is -4.08. The first kappa shape index (κ1) is 14.0. The number of nitrogens with two attached hydrogens (primary N) is 1. The van der Waals surface area contributed by atoms with E-state index in [2.05, 4.69) is 0 Å². The van der Waals surface area contributed by atoms with Crippen molar-refractivity contribution in [3.63, 3.8) is 0 Å². The molecule has 5 nitrogen and oxygen atoms in total. The lowest BCUT2D eigenvalue weighted by Gasteiger charge is -2.08. The highest BCUT2D eigenvalue weighted by Crippen LogP contribution is 2.29. The maximum atomic E-state index is 13.6. The van der Waals surface area contributed by atoms with Gasteiger partial charge >= 0.3 is 5.97 Å². The van der Waals surface area contributed by atoms with Gasteiger partial charge in [-0.2, -0.15) is 0 Å². The standard InChI is InChI=1S/C12H14FNO4S/c1-7-10(13)4-9(5-11(7)19(14,16)17)12(15)18-6-8-2-3-8/h4-5,8H,2-3,6H2,1H3,(H2,14,16,17). The number of carbonyl (C=O) groups is 1. The number of hydrogen-bond donors (Lipinski definition) is 1. The van der Waals surface area contributed by atoms with Crippen molar-refractivity contribution in [2.75, 3.05) is 6.61 Å². The Labute approximate surface area is 110 Å². The monoisotopic (exact) mass is 287 g/mol. The molecule has 7 heteroatoms. The molecule has 0 amide bonds. The molecule has 1 fully saturated rings. The molecule has 0 saturated heterocycles. The van der Waals surface area contributed by atoms with Gasteiger partial charge in [-0.1, -0.05) is 0 Å². The van der Waals surface area contributed by atoms with Gasteiger partial charge in [0.1, 0.15) is 5.82 Å².